The van der Waals surface area contributed by atoms with Crippen LogP contribution in [0.3, 0.4) is 0 Å². The van der Waals surface area contributed by atoms with Crippen molar-refractivity contribution in [2.75, 3.05) is 6.61 Å². The van der Waals surface area contributed by atoms with Crippen molar-refractivity contribution in [2.24, 2.45) is 5.73 Å². The Kier molecular flexibility index (Phi) is 4.80. The Morgan fingerprint density at radius 3 is 2.52 bits per heavy atom. The highest BCUT2D eigenvalue weighted by Crippen LogP contribution is 2.34. The summed E-state index contributed by atoms with van der Waals surface area (Å²) in [5.74, 6) is 0.659. The molecule has 2 aromatic rings. The number of pyridine rings is 1. The van der Waals surface area contributed by atoms with Gasteiger partial charge in [-0.2, -0.15) is 13.2 Å². The van der Waals surface area contributed by atoms with Crippen LogP contribution in [0.4, 0.5) is 13.2 Å². The van der Waals surface area contributed by atoms with E-state index in [1.807, 2.05) is 18.2 Å². The van der Waals surface area contributed by atoms with Crippen LogP contribution in [0.1, 0.15) is 23.6 Å². The molecule has 0 saturated heterocycles. The monoisotopic (exact) mass is 296 g/mol. The topological polar surface area (TPSA) is 48.1 Å². The fourth-order valence-electron chi connectivity index (χ4n) is 1.94. The summed E-state index contributed by atoms with van der Waals surface area (Å²) in [5.41, 5.74) is 5.08. The lowest BCUT2D eigenvalue weighted by Gasteiger charge is -2.17. The van der Waals surface area contributed by atoms with E-state index in [-0.39, 0.29) is 18.6 Å². The summed E-state index contributed by atoms with van der Waals surface area (Å²) in [6, 6.07) is 9.19. The fourth-order valence-corrected chi connectivity index (χ4v) is 1.94. The van der Waals surface area contributed by atoms with Crippen molar-refractivity contribution in [3.8, 4) is 5.75 Å². The smallest absolute Gasteiger partial charge is 0.416 e. The highest BCUT2D eigenvalue weighted by Gasteiger charge is 2.34. The second-order valence-corrected chi connectivity index (χ2v) is 4.52. The van der Waals surface area contributed by atoms with Crippen molar-refractivity contribution < 1.29 is 17.9 Å². The summed E-state index contributed by atoms with van der Waals surface area (Å²) >= 11 is 0. The van der Waals surface area contributed by atoms with Crippen LogP contribution in [0.5, 0.6) is 5.75 Å². The van der Waals surface area contributed by atoms with Crippen LogP contribution in [0.15, 0.2) is 48.8 Å². The quantitative estimate of drug-likeness (QED) is 0.917. The van der Waals surface area contributed by atoms with Gasteiger partial charge in [-0.05, 0) is 23.8 Å². The van der Waals surface area contributed by atoms with Crippen molar-refractivity contribution in [2.45, 2.75) is 18.6 Å². The van der Waals surface area contributed by atoms with Gasteiger partial charge in [0.2, 0.25) is 0 Å². The van der Waals surface area contributed by atoms with Crippen LogP contribution >= 0.6 is 0 Å². The predicted molar refractivity (Wildman–Crippen MR) is 72.7 cm³/mol. The third kappa shape index (κ3) is 4.19. The molecule has 1 heterocycles. The molecule has 112 valence electrons. The number of benzene rings is 1. The van der Waals surface area contributed by atoms with Crippen molar-refractivity contribution >= 4 is 0 Å². The van der Waals surface area contributed by atoms with Gasteiger partial charge in [-0.25, -0.2) is 0 Å². The number of aromatic nitrogens is 1. The van der Waals surface area contributed by atoms with Crippen molar-refractivity contribution in [3.05, 3.63) is 59.9 Å². The van der Waals surface area contributed by atoms with E-state index in [0.717, 1.165) is 18.5 Å². The highest BCUT2D eigenvalue weighted by molar-refractivity contribution is 5.29. The van der Waals surface area contributed by atoms with E-state index >= 15 is 0 Å². The molecule has 0 amide bonds. The number of alkyl halides is 3. The molecule has 0 aliphatic carbocycles. The van der Waals surface area contributed by atoms with Gasteiger partial charge >= 0.3 is 6.18 Å². The number of hydrogen-bond donors (Lipinski definition) is 1. The maximum Gasteiger partial charge on any atom is 0.416 e. The van der Waals surface area contributed by atoms with Crippen LogP contribution in [0.25, 0.3) is 0 Å². The number of hydrogen-bond acceptors (Lipinski definition) is 3. The van der Waals surface area contributed by atoms with Crippen molar-refractivity contribution in [1.82, 2.24) is 4.98 Å². The van der Waals surface area contributed by atoms with Gasteiger partial charge in [0, 0.05) is 24.9 Å². The van der Waals surface area contributed by atoms with E-state index in [2.05, 4.69) is 4.98 Å². The lowest BCUT2D eigenvalue weighted by atomic mass is 10.0. The van der Waals surface area contributed by atoms with E-state index in [9.17, 15) is 13.2 Å². The molecule has 0 aliphatic heterocycles. The first kappa shape index (κ1) is 15.3. The molecule has 0 fully saturated rings. The Balaban J connectivity index is 1.99. The molecule has 3 nitrogen and oxygen atoms in total. The van der Waals surface area contributed by atoms with Gasteiger partial charge < -0.3 is 10.5 Å². The van der Waals surface area contributed by atoms with Crippen molar-refractivity contribution in [3.63, 3.8) is 0 Å². The molecule has 0 spiro atoms. The molecule has 0 aliphatic rings. The van der Waals surface area contributed by atoms with Gasteiger partial charge in [-0.1, -0.05) is 18.2 Å². The number of ether oxygens (including phenoxy) is 1. The third-order valence-electron chi connectivity index (χ3n) is 3.00. The minimum Gasteiger partial charge on any atom is -0.494 e. The van der Waals surface area contributed by atoms with E-state index in [0.29, 0.717) is 5.75 Å². The second-order valence-electron chi connectivity index (χ2n) is 4.52. The van der Waals surface area contributed by atoms with Gasteiger partial charge in [-0.15, -0.1) is 0 Å². The van der Waals surface area contributed by atoms with E-state index in [1.165, 1.54) is 0 Å². The molecule has 1 aromatic heterocycles. The van der Waals surface area contributed by atoms with Gasteiger partial charge in [-0.3, -0.25) is 4.98 Å². The lowest BCUT2D eigenvalue weighted by Crippen LogP contribution is -2.19. The van der Waals surface area contributed by atoms with Crippen LogP contribution in [0.2, 0.25) is 0 Å². The Bertz CT molecular complexity index is 573. The largest absolute Gasteiger partial charge is 0.494 e. The molecular formula is C15H15F3N2O. The predicted octanol–water partition coefficient (Wildman–Crippen LogP) is 3.57. The Hall–Kier alpha value is -2.08. The number of para-hydroxylation sites is 1. The SMILES string of the molecule is NC(CCOc1ccccc1)c1cnccc1C(F)(F)F. The van der Waals surface area contributed by atoms with Crippen LogP contribution in [-0.2, 0) is 6.18 Å². The number of nitrogens with two attached hydrogens (primary N) is 1. The molecule has 1 atom stereocenters. The normalized spacial score (nSPS) is 13.0. The zero-order valence-electron chi connectivity index (χ0n) is 11.2. The van der Waals surface area contributed by atoms with Gasteiger partial charge in [0.25, 0.3) is 0 Å². The van der Waals surface area contributed by atoms with Crippen molar-refractivity contribution in [1.29, 1.82) is 0 Å². The minimum atomic E-state index is -4.43. The highest BCUT2D eigenvalue weighted by atomic mass is 19.4. The number of rotatable bonds is 5. The zero-order chi connectivity index (χ0) is 15.3. The Labute approximate surface area is 120 Å². The molecule has 1 unspecified atom stereocenters. The van der Waals surface area contributed by atoms with E-state index in [4.69, 9.17) is 10.5 Å². The first-order chi connectivity index (χ1) is 9.98. The van der Waals surface area contributed by atoms with Gasteiger partial charge in [0.05, 0.1) is 12.2 Å². The maximum absolute atomic E-state index is 12.9. The van der Waals surface area contributed by atoms with E-state index < -0.39 is 17.8 Å². The van der Waals surface area contributed by atoms with Crippen LogP contribution in [0, 0.1) is 0 Å². The third-order valence-corrected chi connectivity index (χ3v) is 3.00. The van der Waals surface area contributed by atoms with E-state index in [1.54, 1.807) is 12.1 Å². The Morgan fingerprint density at radius 2 is 1.86 bits per heavy atom. The number of halogens is 3. The standard InChI is InChI=1S/C15H15F3N2O/c16-15(17,18)13-6-8-20-10-12(13)14(19)7-9-21-11-4-2-1-3-5-11/h1-6,8,10,14H,7,9,19H2. The van der Waals surface area contributed by atoms with Crippen LogP contribution in [-0.4, -0.2) is 11.6 Å². The average molecular weight is 296 g/mol. The summed E-state index contributed by atoms with van der Waals surface area (Å²) in [6.07, 6.45) is -1.89. The van der Waals surface area contributed by atoms with Gasteiger partial charge in [0.1, 0.15) is 5.75 Å². The first-order valence-electron chi connectivity index (χ1n) is 6.43. The molecular weight excluding hydrogens is 281 g/mol. The minimum absolute atomic E-state index is 0.0124. The average Bonchev–Trinajstić information content (AvgIpc) is 2.47. The number of nitrogens with zero attached hydrogens (tertiary/aromatic N) is 1. The molecule has 2 rings (SSSR count). The molecule has 0 radical (unpaired) electrons. The summed E-state index contributed by atoms with van der Waals surface area (Å²) in [4.78, 5) is 3.73. The van der Waals surface area contributed by atoms with Gasteiger partial charge in [0.15, 0.2) is 0 Å². The molecule has 1 aromatic carbocycles. The molecule has 0 bridgehead atoms. The summed E-state index contributed by atoms with van der Waals surface area (Å²) in [5, 5.41) is 0. The molecule has 2 N–H and O–H groups in total. The summed E-state index contributed by atoms with van der Waals surface area (Å²) in [6.45, 7) is 0.234. The summed E-state index contributed by atoms with van der Waals surface area (Å²) in [7, 11) is 0. The Morgan fingerprint density at radius 1 is 1.14 bits per heavy atom. The maximum atomic E-state index is 12.9. The van der Waals surface area contributed by atoms with Crippen LogP contribution < -0.4 is 10.5 Å². The molecule has 6 heteroatoms. The first-order valence-corrected chi connectivity index (χ1v) is 6.43. The second kappa shape index (κ2) is 6.58. The molecule has 21 heavy (non-hydrogen) atoms. The molecule has 0 saturated carbocycles. The fraction of sp³-hybridized carbons (Fsp3) is 0.267. The zero-order valence-corrected chi connectivity index (χ0v) is 11.2. The summed E-state index contributed by atoms with van der Waals surface area (Å²) < 4.78 is 44.1. The lowest BCUT2D eigenvalue weighted by molar-refractivity contribution is -0.138.